The Kier molecular flexibility index (Phi) is 7.99. The van der Waals surface area contributed by atoms with Gasteiger partial charge in [-0.05, 0) is 73.6 Å². The Labute approximate surface area is 220 Å². The predicted octanol–water partition coefficient (Wildman–Crippen LogP) is 6.89. The molecule has 3 atom stereocenters. The summed E-state index contributed by atoms with van der Waals surface area (Å²) in [6.07, 6.45) is 5.85. The molecule has 0 saturated heterocycles. The number of rotatable bonds is 7. The van der Waals surface area contributed by atoms with E-state index in [-0.39, 0.29) is 38.8 Å². The van der Waals surface area contributed by atoms with E-state index < -0.39 is 28.0 Å². The molecule has 4 rings (SSSR count). The second kappa shape index (κ2) is 11.0. The van der Waals surface area contributed by atoms with E-state index in [1.165, 1.54) is 42.8 Å². The lowest BCUT2D eigenvalue weighted by Gasteiger charge is -2.12. The van der Waals surface area contributed by atoms with Crippen LogP contribution in [0.25, 0.3) is 6.20 Å². The molecule has 2 aromatic carbocycles. The van der Waals surface area contributed by atoms with Crippen LogP contribution in [0, 0.1) is 18.6 Å². The van der Waals surface area contributed by atoms with Crippen LogP contribution in [-0.4, -0.2) is 20.7 Å². The molecule has 9 heteroatoms. The lowest BCUT2D eigenvalue weighted by Crippen LogP contribution is -2.21. The molecule has 0 radical (unpaired) electrons. The van der Waals surface area contributed by atoms with Crippen molar-refractivity contribution in [2.75, 3.05) is 6.26 Å². The lowest BCUT2D eigenvalue weighted by atomic mass is 10.0. The first-order valence-electron chi connectivity index (χ1n) is 11.5. The zero-order valence-corrected chi connectivity index (χ0v) is 21.9. The number of aliphatic imine (C=N–C) groups is 1. The van der Waals surface area contributed by atoms with Gasteiger partial charge in [-0.3, -0.25) is 18.6 Å². The number of pyridine rings is 1. The van der Waals surface area contributed by atoms with Crippen molar-refractivity contribution in [3.05, 3.63) is 116 Å². The highest BCUT2D eigenvalue weighted by atomic mass is 35.5. The SMILES string of the molecule is C/C=C/N=C(/C(F)=C/n1c(C)cc(C2CC2c2ccc(F)cc2)c(Cl)c1=O)c1cccc(S(C)=O)c1F. The number of hydrogen-bond acceptors (Lipinski definition) is 3. The van der Waals surface area contributed by atoms with Crippen LogP contribution in [0.1, 0.15) is 47.6 Å². The molecule has 192 valence electrons. The van der Waals surface area contributed by atoms with Gasteiger partial charge in [0.25, 0.3) is 5.56 Å². The Morgan fingerprint density at radius 2 is 1.86 bits per heavy atom. The smallest absolute Gasteiger partial charge is 0.273 e. The van der Waals surface area contributed by atoms with Gasteiger partial charge in [-0.2, -0.15) is 0 Å². The van der Waals surface area contributed by atoms with Gasteiger partial charge in [-0.25, -0.2) is 13.2 Å². The normalized spacial score (nSPS) is 18.9. The van der Waals surface area contributed by atoms with E-state index in [4.69, 9.17) is 11.6 Å². The Balaban J connectivity index is 1.73. The molecule has 1 aromatic heterocycles. The zero-order chi connectivity index (χ0) is 26.9. The Bertz CT molecular complexity index is 1530. The van der Waals surface area contributed by atoms with Crippen molar-refractivity contribution in [3.8, 4) is 0 Å². The highest BCUT2D eigenvalue weighted by Crippen LogP contribution is 2.55. The van der Waals surface area contributed by atoms with Gasteiger partial charge >= 0.3 is 0 Å². The van der Waals surface area contributed by atoms with Crippen LogP contribution in [0.3, 0.4) is 0 Å². The van der Waals surface area contributed by atoms with E-state index in [0.29, 0.717) is 11.3 Å². The maximum atomic E-state index is 15.6. The number of hydrogen-bond donors (Lipinski definition) is 0. The molecule has 1 aliphatic rings. The molecular weight excluding hydrogens is 521 g/mol. The van der Waals surface area contributed by atoms with Crippen LogP contribution in [-0.2, 0) is 10.8 Å². The molecule has 0 amide bonds. The van der Waals surface area contributed by atoms with Crippen molar-refractivity contribution in [2.24, 2.45) is 4.99 Å². The Morgan fingerprint density at radius 3 is 2.51 bits per heavy atom. The number of aromatic nitrogens is 1. The largest absolute Gasteiger partial charge is 0.284 e. The quantitative estimate of drug-likeness (QED) is 0.304. The summed E-state index contributed by atoms with van der Waals surface area (Å²) in [5.41, 5.74) is 0.873. The van der Waals surface area contributed by atoms with E-state index >= 15 is 8.78 Å². The van der Waals surface area contributed by atoms with Crippen molar-refractivity contribution in [1.29, 1.82) is 0 Å². The Morgan fingerprint density at radius 1 is 1.16 bits per heavy atom. The van der Waals surface area contributed by atoms with Gasteiger partial charge in [0.05, 0.1) is 21.9 Å². The first-order valence-corrected chi connectivity index (χ1v) is 13.4. The van der Waals surface area contributed by atoms with Gasteiger partial charge in [-0.1, -0.05) is 35.9 Å². The molecule has 4 nitrogen and oxygen atoms in total. The van der Waals surface area contributed by atoms with Gasteiger partial charge < -0.3 is 0 Å². The van der Waals surface area contributed by atoms with Crippen molar-refractivity contribution in [2.45, 2.75) is 37.0 Å². The maximum absolute atomic E-state index is 15.6. The molecule has 1 saturated carbocycles. The highest BCUT2D eigenvalue weighted by Gasteiger charge is 2.41. The maximum Gasteiger partial charge on any atom is 0.273 e. The number of aryl methyl sites for hydroxylation is 1. The van der Waals surface area contributed by atoms with Crippen LogP contribution in [0.4, 0.5) is 13.2 Å². The summed E-state index contributed by atoms with van der Waals surface area (Å²) in [5.74, 6) is -2.04. The van der Waals surface area contributed by atoms with Crippen LogP contribution in [0.2, 0.25) is 5.02 Å². The summed E-state index contributed by atoms with van der Waals surface area (Å²) in [5, 5.41) is -0.0363. The summed E-state index contributed by atoms with van der Waals surface area (Å²) in [6.45, 7) is 3.31. The summed E-state index contributed by atoms with van der Waals surface area (Å²) in [6, 6.07) is 12.1. The molecule has 37 heavy (non-hydrogen) atoms. The van der Waals surface area contributed by atoms with Crippen molar-refractivity contribution in [1.82, 2.24) is 4.57 Å². The molecule has 1 heterocycles. The number of benzene rings is 2. The van der Waals surface area contributed by atoms with Crippen LogP contribution in [0.5, 0.6) is 0 Å². The number of halogens is 4. The topological polar surface area (TPSA) is 51.4 Å². The average molecular weight is 545 g/mol. The molecule has 0 spiro atoms. The van der Waals surface area contributed by atoms with Crippen molar-refractivity contribution in [3.63, 3.8) is 0 Å². The molecular formula is C28H24ClF3N2O2S. The predicted molar refractivity (Wildman–Crippen MR) is 142 cm³/mol. The fourth-order valence-electron chi connectivity index (χ4n) is 4.29. The van der Waals surface area contributed by atoms with E-state index in [0.717, 1.165) is 22.8 Å². The third kappa shape index (κ3) is 5.55. The van der Waals surface area contributed by atoms with E-state index in [1.54, 1.807) is 38.1 Å². The van der Waals surface area contributed by atoms with Crippen LogP contribution < -0.4 is 5.56 Å². The van der Waals surface area contributed by atoms with Gasteiger partial charge in [0, 0.05) is 23.7 Å². The highest BCUT2D eigenvalue weighted by molar-refractivity contribution is 7.84. The van der Waals surface area contributed by atoms with Gasteiger partial charge in [0.15, 0.2) is 5.83 Å². The van der Waals surface area contributed by atoms with Crippen molar-refractivity contribution >= 4 is 34.3 Å². The monoisotopic (exact) mass is 544 g/mol. The summed E-state index contributed by atoms with van der Waals surface area (Å²) < 4.78 is 56.9. The minimum Gasteiger partial charge on any atom is -0.284 e. The molecule has 3 unspecified atom stereocenters. The fraction of sp³-hybridized carbons (Fsp3) is 0.214. The zero-order valence-electron chi connectivity index (χ0n) is 20.3. The third-order valence-electron chi connectivity index (χ3n) is 6.24. The number of nitrogens with zero attached hydrogens (tertiary/aromatic N) is 2. The first kappa shape index (κ1) is 26.8. The van der Waals surface area contributed by atoms with Crippen molar-refractivity contribution < 1.29 is 17.4 Å². The van der Waals surface area contributed by atoms with E-state index in [9.17, 15) is 13.4 Å². The first-order chi connectivity index (χ1) is 17.6. The van der Waals surface area contributed by atoms with Gasteiger partial charge in [0.2, 0.25) is 0 Å². The average Bonchev–Trinajstić information content (AvgIpc) is 3.66. The van der Waals surface area contributed by atoms with Gasteiger partial charge in [-0.15, -0.1) is 0 Å². The molecule has 1 aliphatic carbocycles. The lowest BCUT2D eigenvalue weighted by molar-refractivity contribution is 0.591. The molecule has 1 fully saturated rings. The number of allylic oxidation sites excluding steroid dienone is 2. The standard InChI is InChI=1S/C28H24ClF3N2O2S/c1-4-12-33-27(19-6-5-7-24(26(19)32)37(3)36)23(31)15-34-16(2)13-22(25(29)28(34)35)21-14-20(21)17-8-10-18(30)11-9-17/h4-13,15,20-21H,14H2,1-3H3/b12-4+,23-15-,33-27+. The summed E-state index contributed by atoms with van der Waals surface area (Å²) in [4.78, 5) is 17.1. The summed E-state index contributed by atoms with van der Waals surface area (Å²) >= 11 is 6.45. The van der Waals surface area contributed by atoms with Gasteiger partial charge in [0.1, 0.15) is 22.4 Å². The fourth-order valence-corrected chi connectivity index (χ4v) is 5.21. The minimum absolute atomic E-state index is 0.00796. The minimum atomic E-state index is -1.64. The second-order valence-electron chi connectivity index (χ2n) is 8.74. The van der Waals surface area contributed by atoms with Crippen LogP contribution in [0.15, 0.2) is 81.3 Å². The Hall–Kier alpha value is -3.23. The molecule has 3 aromatic rings. The molecule has 0 bridgehead atoms. The summed E-state index contributed by atoms with van der Waals surface area (Å²) in [7, 11) is -1.64. The van der Waals surface area contributed by atoms with Crippen LogP contribution >= 0.6 is 11.6 Å². The molecule has 0 N–H and O–H groups in total. The second-order valence-corrected chi connectivity index (χ2v) is 10.5. The third-order valence-corrected chi connectivity index (χ3v) is 7.56. The molecule has 0 aliphatic heterocycles. The van der Waals surface area contributed by atoms with E-state index in [2.05, 4.69) is 4.99 Å². The van der Waals surface area contributed by atoms with E-state index in [1.807, 2.05) is 0 Å².